The van der Waals surface area contributed by atoms with Crippen molar-refractivity contribution in [2.24, 2.45) is 0 Å². The molecule has 0 aliphatic heterocycles. The molecule has 2 aromatic carbocycles. The van der Waals surface area contributed by atoms with Gasteiger partial charge in [0.1, 0.15) is 11.6 Å². The third-order valence-corrected chi connectivity index (χ3v) is 3.17. The quantitative estimate of drug-likeness (QED) is 0.762. The van der Waals surface area contributed by atoms with Crippen LogP contribution in [0.1, 0.15) is 21.5 Å². The summed E-state index contributed by atoms with van der Waals surface area (Å²) in [6, 6.07) is 8.68. The molecule has 0 aromatic heterocycles. The van der Waals surface area contributed by atoms with Crippen LogP contribution < -0.4 is 0 Å². The molecule has 0 spiro atoms. The molecular formula is C15H11BrF2O. The van der Waals surface area contributed by atoms with Crippen LogP contribution >= 0.6 is 15.9 Å². The van der Waals surface area contributed by atoms with Gasteiger partial charge in [-0.2, -0.15) is 0 Å². The molecular weight excluding hydrogens is 314 g/mol. The van der Waals surface area contributed by atoms with Gasteiger partial charge in [-0.25, -0.2) is 8.78 Å². The summed E-state index contributed by atoms with van der Waals surface area (Å²) in [4.78, 5) is 12.0. The van der Waals surface area contributed by atoms with E-state index in [0.717, 1.165) is 5.56 Å². The number of hydrogen-bond donors (Lipinski definition) is 0. The van der Waals surface area contributed by atoms with Crippen molar-refractivity contribution in [2.45, 2.75) is 13.3 Å². The Morgan fingerprint density at radius 2 is 1.89 bits per heavy atom. The number of carbonyl (C=O) groups is 1. The number of ketones is 1. The van der Waals surface area contributed by atoms with Crippen molar-refractivity contribution in [3.8, 4) is 0 Å². The summed E-state index contributed by atoms with van der Waals surface area (Å²) >= 11 is 3.16. The molecule has 98 valence electrons. The molecule has 0 aliphatic rings. The molecule has 19 heavy (non-hydrogen) atoms. The maximum absolute atomic E-state index is 13.7. The second-order valence-electron chi connectivity index (χ2n) is 4.36. The normalized spacial score (nSPS) is 10.5. The number of Topliss-reactive ketones (excluding diaryl/α,β-unsaturated/α-hetero) is 1. The van der Waals surface area contributed by atoms with E-state index in [9.17, 15) is 13.6 Å². The fraction of sp³-hybridized carbons (Fsp3) is 0.133. The number of benzene rings is 2. The molecule has 1 nitrogen and oxygen atoms in total. The van der Waals surface area contributed by atoms with E-state index >= 15 is 0 Å². The number of halogens is 3. The van der Waals surface area contributed by atoms with Crippen LogP contribution in [0.25, 0.3) is 0 Å². The van der Waals surface area contributed by atoms with Crippen molar-refractivity contribution in [1.82, 2.24) is 0 Å². The number of rotatable bonds is 3. The lowest BCUT2D eigenvalue weighted by Crippen LogP contribution is -2.06. The molecule has 0 N–H and O–H groups in total. The zero-order valence-electron chi connectivity index (χ0n) is 10.2. The minimum atomic E-state index is -0.541. The smallest absolute Gasteiger partial charge is 0.170 e. The van der Waals surface area contributed by atoms with Crippen molar-refractivity contribution in [1.29, 1.82) is 0 Å². The summed E-state index contributed by atoms with van der Waals surface area (Å²) in [5.41, 5.74) is 1.30. The molecule has 0 amide bonds. The van der Waals surface area contributed by atoms with E-state index in [1.807, 2.05) is 0 Å². The van der Waals surface area contributed by atoms with Crippen LogP contribution in [0.5, 0.6) is 0 Å². The van der Waals surface area contributed by atoms with Gasteiger partial charge in [-0.3, -0.25) is 4.79 Å². The van der Waals surface area contributed by atoms with Gasteiger partial charge in [-0.15, -0.1) is 0 Å². The summed E-state index contributed by atoms with van der Waals surface area (Å²) in [5, 5.41) is 0. The largest absolute Gasteiger partial charge is 0.294 e. The first kappa shape index (κ1) is 13.9. The maximum atomic E-state index is 13.7. The highest BCUT2D eigenvalue weighted by molar-refractivity contribution is 9.10. The van der Waals surface area contributed by atoms with E-state index in [1.165, 1.54) is 24.3 Å². The Morgan fingerprint density at radius 1 is 1.16 bits per heavy atom. The lowest BCUT2D eigenvalue weighted by molar-refractivity contribution is 0.0989. The summed E-state index contributed by atoms with van der Waals surface area (Å²) in [5.74, 6) is -1.34. The topological polar surface area (TPSA) is 17.1 Å². The average molecular weight is 325 g/mol. The zero-order chi connectivity index (χ0) is 14.0. The van der Waals surface area contributed by atoms with E-state index < -0.39 is 11.6 Å². The van der Waals surface area contributed by atoms with Crippen LogP contribution in [0.3, 0.4) is 0 Å². The first-order chi connectivity index (χ1) is 8.95. The van der Waals surface area contributed by atoms with Gasteiger partial charge in [-0.1, -0.05) is 22.0 Å². The first-order valence-electron chi connectivity index (χ1n) is 5.70. The van der Waals surface area contributed by atoms with Gasteiger partial charge in [0, 0.05) is 10.9 Å². The Bertz CT molecular complexity index is 618. The standard InChI is InChI=1S/C15H11BrF2O/c1-9-2-3-13(14(18)4-9)15(19)7-10-5-11(16)8-12(17)6-10/h2-6,8H,7H2,1H3. The molecule has 0 saturated carbocycles. The van der Waals surface area contributed by atoms with Gasteiger partial charge >= 0.3 is 0 Å². The minimum Gasteiger partial charge on any atom is -0.294 e. The molecule has 0 saturated heterocycles. The van der Waals surface area contributed by atoms with E-state index in [-0.39, 0.29) is 17.8 Å². The van der Waals surface area contributed by atoms with Crippen molar-refractivity contribution in [3.63, 3.8) is 0 Å². The molecule has 0 bridgehead atoms. The SMILES string of the molecule is Cc1ccc(C(=O)Cc2cc(F)cc(Br)c2)c(F)c1. The van der Waals surface area contributed by atoms with Crippen molar-refractivity contribution in [3.05, 3.63) is 69.2 Å². The van der Waals surface area contributed by atoms with Crippen molar-refractivity contribution in [2.75, 3.05) is 0 Å². The van der Waals surface area contributed by atoms with Gasteiger partial charge in [0.25, 0.3) is 0 Å². The van der Waals surface area contributed by atoms with Gasteiger partial charge in [0.05, 0.1) is 5.56 Å². The number of carbonyl (C=O) groups excluding carboxylic acids is 1. The summed E-state index contributed by atoms with van der Waals surface area (Å²) in [6.07, 6.45) is -0.0314. The Labute approximate surface area is 118 Å². The van der Waals surface area contributed by atoms with E-state index in [4.69, 9.17) is 0 Å². The van der Waals surface area contributed by atoms with Gasteiger partial charge in [0.15, 0.2) is 5.78 Å². The zero-order valence-corrected chi connectivity index (χ0v) is 11.8. The lowest BCUT2D eigenvalue weighted by atomic mass is 10.0. The maximum Gasteiger partial charge on any atom is 0.170 e. The lowest BCUT2D eigenvalue weighted by Gasteiger charge is -2.05. The summed E-state index contributed by atoms with van der Waals surface area (Å²) in [6.45, 7) is 1.75. The fourth-order valence-electron chi connectivity index (χ4n) is 1.84. The Hall–Kier alpha value is -1.55. The molecule has 2 aromatic rings. The predicted molar refractivity (Wildman–Crippen MR) is 73.3 cm³/mol. The van der Waals surface area contributed by atoms with E-state index in [1.54, 1.807) is 19.1 Å². The molecule has 0 aliphatic carbocycles. The fourth-order valence-corrected chi connectivity index (χ4v) is 2.35. The predicted octanol–water partition coefficient (Wildman–Crippen LogP) is 4.46. The molecule has 0 heterocycles. The molecule has 0 fully saturated rings. The summed E-state index contributed by atoms with van der Waals surface area (Å²) < 4.78 is 27.4. The molecule has 0 unspecified atom stereocenters. The highest BCUT2D eigenvalue weighted by atomic mass is 79.9. The van der Waals surface area contributed by atoms with Gasteiger partial charge in [-0.05, 0) is 48.4 Å². The number of aryl methyl sites for hydroxylation is 1. The minimum absolute atomic E-state index is 0.0314. The Balaban J connectivity index is 2.25. The van der Waals surface area contributed by atoms with E-state index in [2.05, 4.69) is 15.9 Å². The van der Waals surface area contributed by atoms with Crippen LogP contribution in [0.2, 0.25) is 0 Å². The van der Waals surface area contributed by atoms with Crippen molar-refractivity contribution < 1.29 is 13.6 Å². The second-order valence-corrected chi connectivity index (χ2v) is 5.28. The van der Waals surface area contributed by atoms with Crippen LogP contribution in [-0.4, -0.2) is 5.78 Å². The third kappa shape index (κ3) is 3.47. The van der Waals surface area contributed by atoms with Gasteiger partial charge < -0.3 is 0 Å². The van der Waals surface area contributed by atoms with E-state index in [0.29, 0.717) is 10.0 Å². The Morgan fingerprint density at radius 3 is 2.53 bits per heavy atom. The molecule has 2 rings (SSSR count). The van der Waals surface area contributed by atoms with Gasteiger partial charge in [0.2, 0.25) is 0 Å². The molecule has 0 radical (unpaired) electrons. The second kappa shape index (κ2) is 5.61. The average Bonchev–Trinajstić information content (AvgIpc) is 2.26. The highest BCUT2D eigenvalue weighted by Gasteiger charge is 2.13. The highest BCUT2D eigenvalue weighted by Crippen LogP contribution is 2.18. The molecule has 0 atom stereocenters. The summed E-state index contributed by atoms with van der Waals surface area (Å²) in [7, 11) is 0. The van der Waals surface area contributed by atoms with Crippen LogP contribution in [-0.2, 0) is 6.42 Å². The van der Waals surface area contributed by atoms with Crippen LogP contribution in [0.15, 0.2) is 40.9 Å². The van der Waals surface area contributed by atoms with Crippen LogP contribution in [0, 0.1) is 18.6 Å². The monoisotopic (exact) mass is 324 g/mol. The van der Waals surface area contributed by atoms with Crippen LogP contribution in [0.4, 0.5) is 8.78 Å². The number of hydrogen-bond acceptors (Lipinski definition) is 1. The molecule has 4 heteroatoms. The third-order valence-electron chi connectivity index (χ3n) is 2.71. The first-order valence-corrected chi connectivity index (χ1v) is 6.49. The van der Waals surface area contributed by atoms with Crippen molar-refractivity contribution >= 4 is 21.7 Å². The Kier molecular flexibility index (Phi) is 4.10.